The topological polar surface area (TPSA) is 85.0 Å². The minimum atomic E-state index is -0.358. The lowest BCUT2D eigenvalue weighted by Gasteiger charge is -2.13. The molecule has 1 atom stereocenters. The Bertz CT molecular complexity index is 820. The molecule has 0 saturated heterocycles. The van der Waals surface area contributed by atoms with E-state index in [0.717, 1.165) is 22.3 Å². The number of carbonyl (C=O) groups is 1. The van der Waals surface area contributed by atoms with Gasteiger partial charge in [0.1, 0.15) is 17.7 Å². The van der Waals surface area contributed by atoms with Gasteiger partial charge in [0, 0.05) is 18.0 Å². The van der Waals surface area contributed by atoms with Crippen molar-refractivity contribution >= 4 is 22.9 Å². The molecule has 0 saturated carbocycles. The number of benzene rings is 1. The van der Waals surface area contributed by atoms with Crippen LogP contribution in [0.1, 0.15) is 24.3 Å². The average Bonchev–Trinajstić information content (AvgIpc) is 3.04. The molecule has 0 aliphatic rings. The molecule has 0 unspecified atom stereocenters. The monoisotopic (exact) mass is 299 g/mol. The van der Waals surface area contributed by atoms with Crippen LogP contribution < -0.4 is 10.6 Å². The van der Waals surface area contributed by atoms with Gasteiger partial charge < -0.3 is 14.3 Å². The molecule has 2 heterocycles. The molecule has 22 heavy (non-hydrogen) atoms. The first-order valence-corrected chi connectivity index (χ1v) is 6.96. The summed E-state index contributed by atoms with van der Waals surface area (Å²) >= 11 is 0. The van der Waals surface area contributed by atoms with Crippen molar-refractivity contribution in [1.29, 1.82) is 0 Å². The molecule has 0 aliphatic heterocycles. The Morgan fingerprint density at radius 1 is 1.36 bits per heavy atom. The average molecular weight is 299 g/mol. The third-order valence-electron chi connectivity index (χ3n) is 3.56. The number of hydrogen-bond acceptors (Lipinski definition) is 4. The molecule has 3 rings (SSSR count). The summed E-state index contributed by atoms with van der Waals surface area (Å²) in [7, 11) is 1.75. The molecule has 0 aliphatic carbocycles. The van der Waals surface area contributed by atoms with Crippen LogP contribution in [0.2, 0.25) is 0 Å². The van der Waals surface area contributed by atoms with Gasteiger partial charge in [0.15, 0.2) is 0 Å². The number of aryl methyl sites for hydroxylation is 2. The van der Waals surface area contributed by atoms with Gasteiger partial charge in [-0.25, -0.2) is 4.79 Å². The predicted octanol–water partition coefficient (Wildman–Crippen LogP) is 2.75. The Morgan fingerprint density at radius 3 is 2.82 bits per heavy atom. The van der Waals surface area contributed by atoms with Gasteiger partial charge in [-0.2, -0.15) is 0 Å². The lowest BCUT2D eigenvalue weighted by Crippen LogP contribution is -2.32. The summed E-state index contributed by atoms with van der Waals surface area (Å²) in [6, 6.07) is 7.19. The second kappa shape index (κ2) is 5.51. The molecule has 2 amide bonds. The number of carbonyl (C=O) groups excluding carboxylic acids is 1. The smallest absolute Gasteiger partial charge is 0.322 e. The lowest BCUT2D eigenvalue weighted by molar-refractivity contribution is 0.247. The first kappa shape index (κ1) is 14.1. The first-order valence-electron chi connectivity index (χ1n) is 6.96. The van der Waals surface area contributed by atoms with Crippen molar-refractivity contribution in [3.05, 3.63) is 41.9 Å². The van der Waals surface area contributed by atoms with Crippen LogP contribution in [-0.4, -0.2) is 20.8 Å². The van der Waals surface area contributed by atoms with E-state index in [0.29, 0.717) is 5.95 Å². The summed E-state index contributed by atoms with van der Waals surface area (Å²) in [6.45, 7) is 3.86. The summed E-state index contributed by atoms with van der Waals surface area (Å²) < 4.78 is 7.47. The zero-order valence-electron chi connectivity index (χ0n) is 12.6. The summed E-state index contributed by atoms with van der Waals surface area (Å²) in [5, 5.41) is 14.0. The zero-order valence-corrected chi connectivity index (χ0v) is 12.6. The van der Waals surface area contributed by atoms with Crippen molar-refractivity contribution < 1.29 is 9.21 Å². The normalized spacial score (nSPS) is 12.3. The van der Waals surface area contributed by atoms with Gasteiger partial charge in [-0.15, -0.1) is 10.2 Å². The molecule has 2 N–H and O–H groups in total. The number of nitrogens with zero attached hydrogens (tertiary/aromatic N) is 3. The van der Waals surface area contributed by atoms with E-state index in [4.69, 9.17) is 4.42 Å². The van der Waals surface area contributed by atoms with Crippen molar-refractivity contribution in [1.82, 2.24) is 20.1 Å². The minimum Gasteiger partial charge on any atom is -0.459 e. The largest absolute Gasteiger partial charge is 0.459 e. The summed E-state index contributed by atoms with van der Waals surface area (Å²) in [5.74, 6) is 1.13. The second-order valence-corrected chi connectivity index (χ2v) is 5.17. The fourth-order valence-corrected chi connectivity index (χ4v) is 2.40. The van der Waals surface area contributed by atoms with Crippen LogP contribution in [0.15, 0.2) is 35.0 Å². The number of rotatable bonds is 3. The molecule has 3 aromatic rings. The van der Waals surface area contributed by atoms with E-state index in [1.807, 2.05) is 38.1 Å². The predicted molar refractivity (Wildman–Crippen MR) is 82.5 cm³/mol. The van der Waals surface area contributed by atoms with E-state index < -0.39 is 0 Å². The van der Waals surface area contributed by atoms with Crippen molar-refractivity contribution in [2.75, 3.05) is 5.32 Å². The Hall–Kier alpha value is -2.83. The molecule has 0 bridgehead atoms. The van der Waals surface area contributed by atoms with Gasteiger partial charge in [0.25, 0.3) is 0 Å². The zero-order chi connectivity index (χ0) is 15.7. The number of urea groups is 1. The Balaban J connectivity index is 1.75. The fourth-order valence-electron chi connectivity index (χ4n) is 2.40. The Morgan fingerprint density at radius 2 is 2.14 bits per heavy atom. The van der Waals surface area contributed by atoms with Crippen molar-refractivity contribution in [2.24, 2.45) is 7.05 Å². The van der Waals surface area contributed by atoms with Gasteiger partial charge in [-0.3, -0.25) is 5.32 Å². The van der Waals surface area contributed by atoms with Crippen LogP contribution in [0.4, 0.5) is 10.7 Å². The van der Waals surface area contributed by atoms with Crippen molar-refractivity contribution in [3.63, 3.8) is 0 Å². The van der Waals surface area contributed by atoms with Gasteiger partial charge >= 0.3 is 6.03 Å². The standard InChI is InChI=1S/C15H17N5O2/c1-9-11-6-4-5-7-12(11)22-13(9)10(2)17-15(21)18-14-19-16-8-20(14)3/h4-8,10H,1-3H3,(H2,17,18,19,21)/t10-/m0/s1. The number of nitrogens with one attached hydrogen (secondary N) is 2. The van der Waals surface area contributed by atoms with Crippen LogP contribution >= 0.6 is 0 Å². The molecule has 0 fully saturated rings. The molecule has 114 valence electrons. The molecule has 0 radical (unpaired) electrons. The quantitative estimate of drug-likeness (QED) is 0.778. The molecular formula is C15H17N5O2. The van der Waals surface area contributed by atoms with Crippen LogP contribution in [0.25, 0.3) is 11.0 Å². The third-order valence-corrected chi connectivity index (χ3v) is 3.56. The SMILES string of the molecule is Cc1c([C@H](C)NC(=O)Nc2nncn2C)oc2ccccc12. The van der Waals surface area contributed by atoms with Gasteiger partial charge in [-0.1, -0.05) is 18.2 Å². The van der Waals surface area contributed by atoms with E-state index in [1.165, 1.54) is 6.33 Å². The summed E-state index contributed by atoms with van der Waals surface area (Å²) in [6.07, 6.45) is 1.52. The van der Waals surface area contributed by atoms with Crippen LogP contribution in [0.5, 0.6) is 0 Å². The number of para-hydroxylation sites is 1. The lowest BCUT2D eigenvalue weighted by atomic mass is 10.1. The van der Waals surface area contributed by atoms with E-state index in [1.54, 1.807) is 11.6 Å². The van der Waals surface area contributed by atoms with E-state index in [-0.39, 0.29) is 12.1 Å². The number of furan rings is 1. The van der Waals surface area contributed by atoms with Crippen LogP contribution in [0, 0.1) is 6.92 Å². The molecular weight excluding hydrogens is 282 g/mol. The van der Waals surface area contributed by atoms with Gasteiger partial charge in [0.05, 0.1) is 6.04 Å². The maximum Gasteiger partial charge on any atom is 0.322 e. The molecule has 7 nitrogen and oxygen atoms in total. The Labute approximate surface area is 127 Å². The minimum absolute atomic E-state index is 0.263. The number of hydrogen-bond donors (Lipinski definition) is 2. The van der Waals surface area contributed by atoms with Crippen LogP contribution in [-0.2, 0) is 7.05 Å². The van der Waals surface area contributed by atoms with Crippen molar-refractivity contribution in [3.8, 4) is 0 Å². The molecule has 1 aromatic carbocycles. The maximum atomic E-state index is 12.0. The first-order chi connectivity index (χ1) is 10.6. The molecule has 0 spiro atoms. The summed E-state index contributed by atoms with van der Waals surface area (Å²) in [5.41, 5.74) is 1.85. The molecule has 2 aromatic heterocycles. The highest BCUT2D eigenvalue weighted by Gasteiger charge is 2.18. The fraction of sp³-hybridized carbons (Fsp3) is 0.267. The number of amides is 2. The maximum absolute atomic E-state index is 12.0. The number of anilines is 1. The van der Waals surface area contributed by atoms with Gasteiger partial charge in [-0.05, 0) is 19.9 Å². The molecule has 7 heteroatoms. The highest BCUT2D eigenvalue weighted by molar-refractivity contribution is 5.88. The van der Waals surface area contributed by atoms with Crippen LogP contribution in [0.3, 0.4) is 0 Å². The number of aromatic nitrogens is 3. The second-order valence-electron chi connectivity index (χ2n) is 5.17. The third kappa shape index (κ3) is 2.52. The van der Waals surface area contributed by atoms with E-state index >= 15 is 0 Å². The highest BCUT2D eigenvalue weighted by Crippen LogP contribution is 2.29. The Kier molecular flexibility index (Phi) is 3.54. The van der Waals surface area contributed by atoms with Crippen molar-refractivity contribution in [2.45, 2.75) is 19.9 Å². The highest BCUT2D eigenvalue weighted by atomic mass is 16.3. The summed E-state index contributed by atoms with van der Waals surface area (Å²) in [4.78, 5) is 12.0. The van der Waals surface area contributed by atoms with E-state index in [2.05, 4.69) is 20.8 Å². The van der Waals surface area contributed by atoms with Gasteiger partial charge in [0.2, 0.25) is 5.95 Å². The van der Waals surface area contributed by atoms with E-state index in [9.17, 15) is 4.79 Å². The number of fused-ring (bicyclic) bond motifs is 1.